The van der Waals surface area contributed by atoms with Crippen LogP contribution in [0.4, 0.5) is 5.69 Å². The smallest absolute Gasteiger partial charge is 0.257 e. The van der Waals surface area contributed by atoms with Crippen molar-refractivity contribution in [2.24, 2.45) is 0 Å². The first-order valence-electron chi connectivity index (χ1n) is 10.6. The monoisotopic (exact) mass is 406 g/mol. The number of hydrogen-bond acceptors (Lipinski definition) is 6. The summed E-state index contributed by atoms with van der Waals surface area (Å²) in [5.41, 5.74) is 4.28. The molecule has 156 valence electrons. The molecular weight excluding hydrogens is 380 g/mol. The van der Waals surface area contributed by atoms with Gasteiger partial charge in [0.1, 0.15) is 12.4 Å². The average Bonchev–Trinajstić information content (AvgIpc) is 3.08. The molecule has 8 heteroatoms. The van der Waals surface area contributed by atoms with Gasteiger partial charge in [-0.3, -0.25) is 9.89 Å². The highest BCUT2D eigenvalue weighted by molar-refractivity contribution is 5.96. The normalized spacial score (nSPS) is 17.3. The van der Waals surface area contributed by atoms with Gasteiger partial charge in [0.25, 0.3) is 5.91 Å². The van der Waals surface area contributed by atoms with Crippen molar-refractivity contribution < 1.29 is 9.53 Å². The van der Waals surface area contributed by atoms with Crippen LogP contribution in [0.15, 0.2) is 24.5 Å². The summed E-state index contributed by atoms with van der Waals surface area (Å²) in [5, 5.41) is 8.01. The van der Waals surface area contributed by atoms with E-state index in [9.17, 15) is 4.79 Å². The Morgan fingerprint density at radius 2 is 1.93 bits per heavy atom. The second kappa shape index (κ2) is 7.59. The zero-order valence-electron chi connectivity index (χ0n) is 17.4. The Labute approximate surface area is 175 Å². The number of aromatic amines is 1. The average molecular weight is 406 g/mol. The van der Waals surface area contributed by atoms with Crippen LogP contribution in [-0.2, 0) is 0 Å². The second-order valence-corrected chi connectivity index (χ2v) is 8.14. The number of carbonyl (C=O) groups is 1. The Morgan fingerprint density at radius 3 is 2.60 bits per heavy atom. The molecule has 1 aromatic carbocycles. The Morgan fingerprint density at radius 1 is 1.13 bits per heavy atom. The second-order valence-electron chi connectivity index (χ2n) is 8.14. The summed E-state index contributed by atoms with van der Waals surface area (Å²) >= 11 is 0. The summed E-state index contributed by atoms with van der Waals surface area (Å²) in [4.78, 5) is 25.9. The number of hydrogen-bond donors (Lipinski definition) is 1. The van der Waals surface area contributed by atoms with E-state index in [4.69, 9.17) is 4.74 Å². The van der Waals surface area contributed by atoms with Crippen LogP contribution in [0.2, 0.25) is 0 Å². The highest BCUT2D eigenvalue weighted by Crippen LogP contribution is 2.31. The van der Waals surface area contributed by atoms with Gasteiger partial charge < -0.3 is 14.5 Å². The number of benzene rings is 1. The summed E-state index contributed by atoms with van der Waals surface area (Å²) in [7, 11) is 0. The number of nitrogens with one attached hydrogen (secondary N) is 1. The van der Waals surface area contributed by atoms with Crippen molar-refractivity contribution in [2.45, 2.75) is 39.2 Å². The third-order valence-electron chi connectivity index (χ3n) is 6.19. The van der Waals surface area contributed by atoms with E-state index in [-0.39, 0.29) is 12.0 Å². The molecule has 1 N–H and O–H groups in total. The molecule has 1 saturated carbocycles. The summed E-state index contributed by atoms with van der Waals surface area (Å²) in [6.07, 6.45) is 5.25. The Hall–Kier alpha value is -3.16. The minimum Gasteiger partial charge on any atom is -0.474 e. The number of ether oxygens (including phenoxy) is 1. The van der Waals surface area contributed by atoms with Gasteiger partial charge in [0, 0.05) is 37.6 Å². The summed E-state index contributed by atoms with van der Waals surface area (Å²) in [6, 6.07) is 6.23. The molecule has 3 aromatic rings. The topological polar surface area (TPSA) is 87.2 Å². The van der Waals surface area contributed by atoms with Crippen LogP contribution in [0.5, 0.6) is 5.88 Å². The first-order chi connectivity index (χ1) is 14.6. The van der Waals surface area contributed by atoms with E-state index in [1.165, 1.54) is 6.42 Å². The van der Waals surface area contributed by atoms with Crippen molar-refractivity contribution in [3.8, 4) is 5.88 Å². The molecule has 30 heavy (non-hydrogen) atoms. The van der Waals surface area contributed by atoms with Crippen LogP contribution in [0.25, 0.3) is 10.9 Å². The molecular formula is C22H26N6O2. The van der Waals surface area contributed by atoms with Crippen LogP contribution in [0.3, 0.4) is 0 Å². The number of carbonyl (C=O) groups excluding carboxylic acids is 1. The lowest BCUT2D eigenvalue weighted by molar-refractivity contribution is 0.0745. The van der Waals surface area contributed by atoms with Crippen molar-refractivity contribution in [1.29, 1.82) is 0 Å². The van der Waals surface area contributed by atoms with E-state index in [2.05, 4.69) is 37.2 Å². The largest absolute Gasteiger partial charge is 0.474 e. The van der Waals surface area contributed by atoms with E-state index >= 15 is 0 Å². The van der Waals surface area contributed by atoms with Crippen molar-refractivity contribution in [3.05, 3.63) is 41.5 Å². The molecule has 0 bridgehead atoms. The Bertz CT molecular complexity index is 1060. The maximum Gasteiger partial charge on any atom is 0.257 e. The fourth-order valence-corrected chi connectivity index (χ4v) is 4.15. The van der Waals surface area contributed by atoms with E-state index in [0.717, 1.165) is 53.9 Å². The number of piperazine rings is 1. The Balaban J connectivity index is 1.32. The summed E-state index contributed by atoms with van der Waals surface area (Å²) in [5.74, 6) is 0.729. The van der Waals surface area contributed by atoms with Gasteiger partial charge in [-0.05, 0) is 51.3 Å². The van der Waals surface area contributed by atoms with Crippen molar-refractivity contribution in [2.75, 3.05) is 31.1 Å². The number of aromatic nitrogens is 4. The zero-order chi connectivity index (χ0) is 20.7. The minimum atomic E-state index is 0.0569. The highest BCUT2D eigenvalue weighted by atomic mass is 16.5. The minimum absolute atomic E-state index is 0.0569. The van der Waals surface area contributed by atoms with Gasteiger partial charge >= 0.3 is 0 Å². The van der Waals surface area contributed by atoms with Gasteiger partial charge in [0.05, 0.1) is 22.2 Å². The lowest BCUT2D eigenvalue weighted by Crippen LogP contribution is -2.49. The number of anilines is 1. The fraction of sp³-hybridized carbons (Fsp3) is 0.455. The molecule has 0 unspecified atom stereocenters. The van der Waals surface area contributed by atoms with Gasteiger partial charge in [0.2, 0.25) is 5.88 Å². The van der Waals surface area contributed by atoms with Gasteiger partial charge in [0.15, 0.2) is 0 Å². The van der Waals surface area contributed by atoms with Crippen LogP contribution < -0.4 is 9.64 Å². The number of nitrogens with zero attached hydrogens (tertiary/aromatic N) is 5. The van der Waals surface area contributed by atoms with E-state index < -0.39 is 0 Å². The molecule has 0 spiro atoms. The molecule has 1 aliphatic heterocycles. The van der Waals surface area contributed by atoms with Crippen LogP contribution in [-0.4, -0.2) is 63.3 Å². The van der Waals surface area contributed by atoms with E-state index in [1.807, 2.05) is 24.8 Å². The third-order valence-corrected chi connectivity index (χ3v) is 6.19. The number of aryl methyl sites for hydroxylation is 2. The molecule has 1 amide bonds. The first-order valence-corrected chi connectivity index (χ1v) is 10.6. The molecule has 5 rings (SSSR count). The van der Waals surface area contributed by atoms with Gasteiger partial charge in [-0.1, -0.05) is 0 Å². The van der Waals surface area contributed by atoms with Gasteiger partial charge in [-0.15, -0.1) is 0 Å². The maximum absolute atomic E-state index is 12.9. The lowest BCUT2D eigenvalue weighted by atomic mass is 9.96. The molecule has 8 nitrogen and oxygen atoms in total. The fourth-order valence-electron chi connectivity index (χ4n) is 4.15. The molecule has 2 fully saturated rings. The lowest BCUT2D eigenvalue weighted by Gasteiger charge is -2.36. The molecule has 2 aliphatic rings. The Kier molecular flexibility index (Phi) is 4.77. The van der Waals surface area contributed by atoms with Crippen LogP contribution >= 0.6 is 0 Å². The van der Waals surface area contributed by atoms with Crippen LogP contribution in [0, 0.1) is 13.8 Å². The molecule has 1 aliphatic carbocycles. The molecule has 3 heterocycles. The molecule has 0 atom stereocenters. The maximum atomic E-state index is 12.9. The van der Waals surface area contributed by atoms with Gasteiger partial charge in [-0.2, -0.15) is 5.10 Å². The third kappa shape index (κ3) is 3.36. The predicted octanol–water partition coefficient (Wildman–Crippen LogP) is 2.86. The first kappa shape index (κ1) is 18.8. The van der Waals surface area contributed by atoms with Crippen molar-refractivity contribution in [1.82, 2.24) is 25.1 Å². The molecule has 2 aromatic heterocycles. The summed E-state index contributed by atoms with van der Waals surface area (Å²) in [6.45, 7) is 6.67. The SMILES string of the molecule is Cc1n[nH]c(C)c1C(=O)N1CCN(c2ccc3ncnc(OC4CCC4)c3c2)CC1. The number of rotatable bonds is 4. The van der Waals surface area contributed by atoms with Crippen LogP contribution in [0.1, 0.15) is 41.0 Å². The van der Waals surface area contributed by atoms with E-state index in [0.29, 0.717) is 24.5 Å². The van der Waals surface area contributed by atoms with Crippen molar-refractivity contribution >= 4 is 22.5 Å². The van der Waals surface area contributed by atoms with E-state index in [1.54, 1.807) is 6.33 Å². The predicted molar refractivity (Wildman–Crippen MR) is 114 cm³/mol. The quantitative estimate of drug-likeness (QED) is 0.717. The number of fused-ring (bicyclic) bond motifs is 1. The van der Waals surface area contributed by atoms with Crippen molar-refractivity contribution in [3.63, 3.8) is 0 Å². The summed E-state index contributed by atoms with van der Waals surface area (Å²) < 4.78 is 6.09. The molecule has 1 saturated heterocycles. The number of amides is 1. The zero-order valence-corrected chi connectivity index (χ0v) is 17.4. The number of H-pyrrole nitrogens is 1. The molecule has 0 radical (unpaired) electrons. The highest BCUT2D eigenvalue weighted by Gasteiger charge is 2.26. The standard InChI is InChI=1S/C22H26N6O2/c1-14-20(15(2)26-25-14)22(29)28-10-8-27(9-11-28)16-6-7-19-18(12-16)21(24-13-23-19)30-17-4-3-5-17/h6-7,12-13,17H,3-5,8-11H2,1-2H3,(H,25,26). The van der Waals surface area contributed by atoms with Gasteiger partial charge in [-0.25, -0.2) is 9.97 Å².